The zero-order chi connectivity index (χ0) is 15.0. The maximum Gasteiger partial charge on any atom is 0.332 e. The Bertz CT molecular complexity index is 761. The third kappa shape index (κ3) is 1.98. The molecule has 0 saturated heterocycles. The molecule has 0 aliphatic carbocycles. The smallest absolute Gasteiger partial charge is 0.332 e. The standard InChI is InChI=1S/C16H14O5/c1-19-15-9-5-3-4-6-10(9)16(20-2)14-11(15)8-21-12(14)7-13(17)18/h3-7H,8H2,1-2H3,(H,17,18)/b12-7-. The average Bonchev–Trinajstić information content (AvgIpc) is 2.87. The van der Waals surface area contributed by atoms with Crippen LogP contribution in [0.3, 0.4) is 0 Å². The van der Waals surface area contributed by atoms with E-state index in [0.717, 1.165) is 22.4 Å². The first-order chi connectivity index (χ1) is 10.2. The van der Waals surface area contributed by atoms with E-state index >= 15 is 0 Å². The average molecular weight is 286 g/mol. The molecule has 0 unspecified atom stereocenters. The molecule has 1 aliphatic heterocycles. The second-order valence-electron chi connectivity index (χ2n) is 4.60. The van der Waals surface area contributed by atoms with Gasteiger partial charge in [0.2, 0.25) is 0 Å². The highest BCUT2D eigenvalue weighted by Crippen LogP contribution is 2.47. The molecule has 0 fully saturated rings. The van der Waals surface area contributed by atoms with E-state index in [2.05, 4.69) is 0 Å². The minimum atomic E-state index is -1.06. The van der Waals surface area contributed by atoms with Crippen molar-refractivity contribution in [3.05, 3.63) is 41.5 Å². The highest BCUT2D eigenvalue weighted by Gasteiger charge is 2.29. The predicted octanol–water partition coefficient (Wildman–Crippen LogP) is 2.81. The van der Waals surface area contributed by atoms with Crippen LogP contribution < -0.4 is 9.47 Å². The number of hydrogen-bond donors (Lipinski definition) is 1. The second-order valence-corrected chi connectivity index (χ2v) is 4.60. The van der Waals surface area contributed by atoms with Crippen molar-refractivity contribution in [2.45, 2.75) is 6.61 Å². The van der Waals surface area contributed by atoms with Gasteiger partial charge in [0, 0.05) is 16.3 Å². The summed E-state index contributed by atoms with van der Waals surface area (Å²) in [6, 6.07) is 7.66. The van der Waals surface area contributed by atoms with Crippen LogP contribution in [-0.4, -0.2) is 25.3 Å². The van der Waals surface area contributed by atoms with Crippen LogP contribution in [0.5, 0.6) is 11.5 Å². The SMILES string of the molecule is COc1c2c(c(OC)c3ccccc13)/C(=C/C(=O)O)OC2. The summed E-state index contributed by atoms with van der Waals surface area (Å²) in [4.78, 5) is 11.0. The number of ether oxygens (including phenoxy) is 3. The summed E-state index contributed by atoms with van der Waals surface area (Å²) in [5.74, 6) is 0.520. The number of carboxylic acids is 1. The van der Waals surface area contributed by atoms with Gasteiger partial charge in [-0.15, -0.1) is 0 Å². The van der Waals surface area contributed by atoms with Crippen molar-refractivity contribution < 1.29 is 24.1 Å². The van der Waals surface area contributed by atoms with Crippen LogP contribution in [0.15, 0.2) is 30.3 Å². The number of fused-ring (bicyclic) bond motifs is 2. The van der Waals surface area contributed by atoms with Gasteiger partial charge in [0.1, 0.15) is 23.9 Å². The molecule has 0 radical (unpaired) electrons. The topological polar surface area (TPSA) is 65.0 Å². The molecule has 2 aromatic carbocycles. The van der Waals surface area contributed by atoms with Crippen molar-refractivity contribution in [3.8, 4) is 11.5 Å². The fourth-order valence-electron chi connectivity index (χ4n) is 2.72. The zero-order valence-electron chi connectivity index (χ0n) is 11.7. The fraction of sp³-hybridized carbons (Fsp3) is 0.188. The number of hydrogen-bond acceptors (Lipinski definition) is 4. The molecule has 0 amide bonds. The third-order valence-electron chi connectivity index (χ3n) is 3.50. The van der Waals surface area contributed by atoms with E-state index in [9.17, 15) is 4.79 Å². The van der Waals surface area contributed by atoms with E-state index in [1.165, 1.54) is 0 Å². The number of rotatable bonds is 3. The van der Waals surface area contributed by atoms with Crippen molar-refractivity contribution in [1.82, 2.24) is 0 Å². The van der Waals surface area contributed by atoms with Crippen LogP contribution >= 0.6 is 0 Å². The molecule has 108 valence electrons. The number of methoxy groups -OCH3 is 2. The predicted molar refractivity (Wildman–Crippen MR) is 77.5 cm³/mol. The first-order valence-electron chi connectivity index (χ1n) is 6.40. The van der Waals surface area contributed by atoms with Crippen LogP contribution in [0.25, 0.3) is 16.5 Å². The molecule has 3 rings (SSSR count). The molecule has 0 bridgehead atoms. The van der Waals surface area contributed by atoms with Crippen molar-refractivity contribution in [3.63, 3.8) is 0 Å². The zero-order valence-corrected chi connectivity index (χ0v) is 11.7. The minimum absolute atomic E-state index is 0.263. The molecular weight excluding hydrogens is 272 g/mol. The Morgan fingerprint density at radius 1 is 1.19 bits per heavy atom. The summed E-state index contributed by atoms with van der Waals surface area (Å²) in [6.45, 7) is 0.263. The van der Waals surface area contributed by atoms with Gasteiger partial charge < -0.3 is 19.3 Å². The summed E-state index contributed by atoms with van der Waals surface area (Å²) in [5.41, 5.74) is 1.45. The largest absolute Gasteiger partial charge is 0.496 e. The molecule has 5 nitrogen and oxygen atoms in total. The van der Waals surface area contributed by atoms with Crippen LogP contribution in [0, 0.1) is 0 Å². The van der Waals surface area contributed by atoms with E-state index in [0.29, 0.717) is 22.8 Å². The Balaban J connectivity index is 2.42. The first-order valence-corrected chi connectivity index (χ1v) is 6.40. The maximum atomic E-state index is 11.0. The lowest BCUT2D eigenvalue weighted by Crippen LogP contribution is -1.98. The van der Waals surface area contributed by atoms with Crippen LogP contribution in [-0.2, 0) is 16.1 Å². The van der Waals surface area contributed by atoms with Gasteiger partial charge in [0.15, 0.2) is 0 Å². The van der Waals surface area contributed by atoms with E-state index < -0.39 is 5.97 Å². The molecule has 1 aliphatic rings. The molecule has 1 N–H and O–H groups in total. The second kappa shape index (κ2) is 5.01. The highest BCUT2D eigenvalue weighted by molar-refractivity contribution is 6.01. The molecule has 5 heteroatoms. The van der Waals surface area contributed by atoms with Crippen LogP contribution in [0.1, 0.15) is 11.1 Å². The van der Waals surface area contributed by atoms with Crippen LogP contribution in [0.4, 0.5) is 0 Å². The van der Waals surface area contributed by atoms with E-state index in [4.69, 9.17) is 19.3 Å². The van der Waals surface area contributed by atoms with Gasteiger partial charge in [-0.2, -0.15) is 0 Å². The Labute approximate surface area is 121 Å². The molecule has 21 heavy (non-hydrogen) atoms. The minimum Gasteiger partial charge on any atom is -0.496 e. The Kier molecular flexibility index (Phi) is 3.17. The van der Waals surface area contributed by atoms with Crippen molar-refractivity contribution >= 4 is 22.5 Å². The fourth-order valence-corrected chi connectivity index (χ4v) is 2.72. The van der Waals surface area contributed by atoms with Gasteiger partial charge in [-0.3, -0.25) is 0 Å². The third-order valence-corrected chi connectivity index (χ3v) is 3.50. The van der Waals surface area contributed by atoms with E-state index in [-0.39, 0.29) is 6.61 Å². The van der Waals surface area contributed by atoms with Gasteiger partial charge in [-0.05, 0) is 0 Å². The Morgan fingerprint density at radius 3 is 2.38 bits per heavy atom. The molecular formula is C16H14O5. The molecule has 0 atom stereocenters. The molecule has 1 heterocycles. The van der Waals surface area contributed by atoms with Gasteiger partial charge in [-0.1, -0.05) is 24.3 Å². The van der Waals surface area contributed by atoms with Crippen molar-refractivity contribution in [1.29, 1.82) is 0 Å². The maximum absolute atomic E-state index is 11.0. The summed E-state index contributed by atoms with van der Waals surface area (Å²) < 4.78 is 16.5. The number of aliphatic carboxylic acids is 1. The van der Waals surface area contributed by atoms with Crippen molar-refractivity contribution in [2.75, 3.05) is 14.2 Å². The monoisotopic (exact) mass is 286 g/mol. The molecule has 0 aromatic heterocycles. The lowest BCUT2D eigenvalue weighted by atomic mass is 9.98. The van der Waals surface area contributed by atoms with Gasteiger partial charge in [0.25, 0.3) is 0 Å². The Hall–Kier alpha value is -2.69. The normalized spacial score (nSPS) is 14.9. The quantitative estimate of drug-likeness (QED) is 0.879. The van der Waals surface area contributed by atoms with E-state index in [1.807, 2.05) is 24.3 Å². The number of carbonyl (C=O) groups is 1. The van der Waals surface area contributed by atoms with Gasteiger partial charge in [-0.25, -0.2) is 4.79 Å². The first kappa shape index (κ1) is 13.3. The summed E-state index contributed by atoms with van der Waals surface area (Å²) in [6.07, 6.45) is 1.04. The van der Waals surface area contributed by atoms with Gasteiger partial charge >= 0.3 is 5.97 Å². The van der Waals surface area contributed by atoms with Crippen LogP contribution in [0.2, 0.25) is 0 Å². The molecule has 0 saturated carbocycles. The summed E-state index contributed by atoms with van der Waals surface area (Å²) >= 11 is 0. The van der Waals surface area contributed by atoms with E-state index in [1.54, 1.807) is 14.2 Å². The highest BCUT2D eigenvalue weighted by atomic mass is 16.5. The summed E-state index contributed by atoms with van der Waals surface area (Å²) in [5, 5.41) is 10.7. The lowest BCUT2D eigenvalue weighted by Gasteiger charge is -2.14. The summed E-state index contributed by atoms with van der Waals surface area (Å²) in [7, 11) is 3.15. The molecule has 2 aromatic rings. The van der Waals surface area contributed by atoms with Gasteiger partial charge in [0.05, 0.1) is 25.9 Å². The Morgan fingerprint density at radius 2 is 1.81 bits per heavy atom. The molecule has 0 spiro atoms. The number of carboxylic acid groups (broad SMARTS) is 1. The lowest BCUT2D eigenvalue weighted by molar-refractivity contribution is -0.131. The number of benzene rings is 2. The van der Waals surface area contributed by atoms with Crippen molar-refractivity contribution in [2.24, 2.45) is 0 Å².